The minimum absolute atomic E-state index is 1.15. The first-order valence-corrected chi connectivity index (χ1v) is 7.46. The van der Waals surface area contributed by atoms with Crippen LogP contribution in [0.1, 0.15) is 32.1 Å². The average Bonchev–Trinajstić information content (AvgIpc) is 2.55. The van der Waals surface area contributed by atoms with E-state index in [2.05, 4.69) is 71.3 Å². The van der Waals surface area contributed by atoms with Gasteiger partial charge in [-0.15, -0.1) is 0 Å². The summed E-state index contributed by atoms with van der Waals surface area (Å²) in [6.45, 7) is 0. The average molecular weight is 265 g/mol. The highest BCUT2D eigenvalue weighted by Crippen LogP contribution is 2.32. The predicted octanol–water partition coefficient (Wildman–Crippen LogP) is 5.86. The summed E-state index contributed by atoms with van der Waals surface area (Å²) in [5.74, 6) is 2.30. The van der Waals surface area contributed by atoms with Crippen LogP contribution in [-0.4, -0.2) is 0 Å². The van der Waals surface area contributed by atoms with E-state index in [1.165, 1.54) is 37.7 Å². The Labute approximate surface area is 121 Å². The maximum atomic E-state index is 3.28. The van der Waals surface area contributed by atoms with Crippen molar-refractivity contribution in [3.05, 3.63) is 72.5 Å². The van der Waals surface area contributed by atoms with Crippen LogP contribution in [0.15, 0.2) is 72.5 Å². The van der Waals surface area contributed by atoms with Gasteiger partial charge in [-0.3, -0.25) is 0 Å². The number of allylic oxidation sites excluding steroid dienone is 1. The van der Waals surface area contributed by atoms with Crippen molar-refractivity contribution in [3.8, 4) is 11.5 Å². The smallest absolute Gasteiger partial charge is 0.267 e. The SMILES string of the molecule is C(=C1CCCCC1)[O+](c1ccccc1)c1ccccc1. The van der Waals surface area contributed by atoms with Gasteiger partial charge in [0.1, 0.15) is 0 Å². The van der Waals surface area contributed by atoms with Crippen LogP contribution in [-0.2, 0) is 0 Å². The molecular weight excluding hydrogens is 244 g/mol. The summed E-state index contributed by atoms with van der Waals surface area (Å²) in [7, 11) is 0. The predicted molar refractivity (Wildman–Crippen MR) is 84.1 cm³/mol. The van der Waals surface area contributed by atoms with E-state index in [0.717, 1.165) is 11.5 Å². The van der Waals surface area contributed by atoms with Crippen molar-refractivity contribution in [1.82, 2.24) is 0 Å². The highest BCUT2D eigenvalue weighted by atomic mass is 16.7. The molecule has 102 valence electrons. The lowest BCUT2D eigenvalue weighted by atomic mass is 9.96. The molecule has 20 heavy (non-hydrogen) atoms. The molecule has 2 aromatic rings. The summed E-state index contributed by atoms with van der Waals surface area (Å²) in [6.07, 6.45) is 8.74. The van der Waals surface area contributed by atoms with E-state index < -0.39 is 0 Å². The van der Waals surface area contributed by atoms with Gasteiger partial charge in [0.05, 0.1) is 0 Å². The zero-order valence-corrected chi connectivity index (χ0v) is 11.8. The van der Waals surface area contributed by atoms with Gasteiger partial charge < -0.3 is 4.37 Å². The summed E-state index contributed by atoms with van der Waals surface area (Å²) >= 11 is 0. The second kappa shape index (κ2) is 6.42. The number of hydrogen-bond acceptors (Lipinski definition) is 0. The normalized spacial score (nSPS) is 14.9. The molecule has 0 bridgehead atoms. The molecule has 2 aromatic carbocycles. The molecule has 0 atom stereocenters. The summed E-state index contributed by atoms with van der Waals surface area (Å²) in [4.78, 5) is 0. The number of hydrogen-bond donors (Lipinski definition) is 0. The van der Waals surface area contributed by atoms with Crippen molar-refractivity contribution in [2.24, 2.45) is 0 Å². The van der Waals surface area contributed by atoms with Crippen molar-refractivity contribution in [2.75, 3.05) is 0 Å². The van der Waals surface area contributed by atoms with Gasteiger partial charge >= 0.3 is 0 Å². The molecule has 0 aromatic heterocycles. The second-order valence-electron chi connectivity index (χ2n) is 5.30. The van der Waals surface area contributed by atoms with E-state index in [4.69, 9.17) is 0 Å². The van der Waals surface area contributed by atoms with Crippen LogP contribution in [0.4, 0.5) is 0 Å². The Bertz CT molecular complexity index is 509. The fourth-order valence-corrected chi connectivity index (χ4v) is 2.70. The van der Waals surface area contributed by atoms with Crippen molar-refractivity contribution in [3.63, 3.8) is 0 Å². The van der Waals surface area contributed by atoms with Crippen LogP contribution >= 0.6 is 0 Å². The molecule has 3 rings (SSSR count). The minimum Gasteiger partial charge on any atom is -0.504 e. The van der Waals surface area contributed by atoms with E-state index in [1.54, 1.807) is 0 Å². The molecular formula is C19H21O+. The van der Waals surface area contributed by atoms with Gasteiger partial charge in [-0.05, 0) is 25.7 Å². The third-order valence-electron chi connectivity index (χ3n) is 3.77. The van der Waals surface area contributed by atoms with Crippen LogP contribution in [0, 0.1) is 0 Å². The highest BCUT2D eigenvalue weighted by molar-refractivity contribution is 5.35. The first kappa shape index (κ1) is 13.0. The van der Waals surface area contributed by atoms with Crippen LogP contribution in [0.5, 0.6) is 11.5 Å². The first-order chi connectivity index (χ1) is 9.93. The second-order valence-corrected chi connectivity index (χ2v) is 5.30. The molecule has 1 aliphatic carbocycles. The van der Waals surface area contributed by atoms with Crippen LogP contribution < -0.4 is 4.37 Å². The molecule has 1 saturated carbocycles. The fraction of sp³-hybridized carbons (Fsp3) is 0.263. The van der Waals surface area contributed by atoms with Crippen LogP contribution in [0.25, 0.3) is 0 Å². The standard InChI is InChI=1S/C19H21O/c1-4-10-17(11-5-1)16-20(18-12-6-2-7-13-18)19-14-8-3-9-15-19/h2-3,6-9,12-16H,1,4-5,10-11H2/q+1. The maximum absolute atomic E-state index is 3.28. The third kappa shape index (κ3) is 3.11. The van der Waals surface area contributed by atoms with Gasteiger partial charge in [0.15, 0.2) is 0 Å². The molecule has 0 aliphatic heterocycles. The fourth-order valence-electron chi connectivity index (χ4n) is 2.70. The lowest BCUT2D eigenvalue weighted by Crippen LogP contribution is -2.08. The number of rotatable bonds is 3. The maximum Gasteiger partial charge on any atom is 0.267 e. The topological polar surface area (TPSA) is 2.70 Å². The molecule has 0 unspecified atom stereocenters. The number of para-hydroxylation sites is 2. The van der Waals surface area contributed by atoms with Crippen molar-refractivity contribution >= 4 is 0 Å². The Balaban J connectivity index is 1.95. The Morgan fingerprint density at radius 2 is 1.15 bits per heavy atom. The summed E-state index contributed by atoms with van der Waals surface area (Å²) in [5.41, 5.74) is 1.54. The molecule has 0 heterocycles. The molecule has 1 heteroatoms. The third-order valence-corrected chi connectivity index (χ3v) is 3.77. The van der Waals surface area contributed by atoms with E-state index >= 15 is 0 Å². The van der Waals surface area contributed by atoms with Crippen molar-refractivity contribution in [1.29, 1.82) is 0 Å². The van der Waals surface area contributed by atoms with Gasteiger partial charge in [-0.1, -0.05) is 42.8 Å². The lowest BCUT2D eigenvalue weighted by molar-refractivity contribution is 0.223. The van der Waals surface area contributed by atoms with Gasteiger partial charge in [-0.2, -0.15) is 0 Å². The summed E-state index contributed by atoms with van der Waals surface area (Å²) in [6, 6.07) is 21.0. The zero-order valence-electron chi connectivity index (χ0n) is 11.8. The Morgan fingerprint density at radius 3 is 1.65 bits per heavy atom. The Hall–Kier alpha value is -2.02. The van der Waals surface area contributed by atoms with Crippen LogP contribution in [0.2, 0.25) is 0 Å². The molecule has 1 nitrogen and oxygen atoms in total. The van der Waals surface area contributed by atoms with Crippen LogP contribution in [0.3, 0.4) is 0 Å². The van der Waals surface area contributed by atoms with Gasteiger partial charge in [0.25, 0.3) is 11.5 Å². The monoisotopic (exact) mass is 265 g/mol. The zero-order chi connectivity index (χ0) is 13.6. The summed E-state index contributed by atoms with van der Waals surface area (Å²) in [5, 5.41) is 0. The minimum atomic E-state index is 1.15. The quantitative estimate of drug-likeness (QED) is 0.482. The van der Waals surface area contributed by atoms with Crippen molar-refractivity contribution in [2.45, 2.75) is 32.1 Å². The van der Waals surface area contributed by atoms with E-state index in [9.17, 15) is 0 Å². The van der Waals surface area contributed by atoms with Gasteiger partial charge in [0, 0.05) is 29.8 Å². The number of benzene rings is 2. The summed E-state index contributed by atoms with van der Waals surface area (Å²) < 4.78 is 3.28. The Kier molecular flexibility index (Phi) is 4.17. The molecule has 0 spiro atoms. The molecule has 1 fully saturated rings. The largest absolute Gasteiger partial charge is 0.504 e. The highest BCUT2D eigenvalue weighted by Gasteiger charge is 2.16. The molecule has 0 saturated heterocycles. The van der Waals surface area contributed by atoms with Gasteiger partial charge in [-0.25, -0.2) is 0 Å². The van der Waals surface area contributed by atoms with Gasteiger partial charge in [0.2, 0.25) is 6.26 Å². The first-order valence-electron chi connectivity index (χ1n) is 7.46. The molecule has 1 aliphatic rings. The van der Waals surface area contributed by atoms with Crippen molar-refractivity contribution < 1.29 is 4.37 Å². The molecule has 0 radical (unpaired) electrons. The van der Waals surface area contributed by atoms with E-state index in [-0.39, 0.29) is 0 Å². The lowest BCUT2D eigenvalue weighted by Gasteiger charge is -2.21. The Morgan fingerprint density at radius 1 is 0.650 bits per heavy atom. The molecule has 0 N–H and O–H groups in total. The molecule has 0 amide bonds. The van der Waals surface area contributed by atoms with E-state index in [1.807, 2.05) is 0 Å². The van der Waals surface area contributed by atoms with E-state index in [0.29, 0.717) is 0 Å².